The number of fused-ring (bicyclic) bond motifs is 1. The molecule has 1 fully saturated rings. The summed E-state index contributed by atoms with van der Waals surface area (Å²) in [4.78, 5) is 11.8. The van der Waals surface area contributed by atoms with Crippen LogP contribution in [0, 0.1) is 11.8 Å². The zero-order valence-electron chi connectivity index (χ0n) is 15.6. The minimum absolute atomic E-state index is 0.00480. The molecule has 5 N–H and O–H groups in total. The maximum atomic E-state index is 11.8. The van der Waals surface area contributed by atoms with Gasteiger partial charge in [-0.1, -0.05) is 26.7 Å². The van der Waals surface area contributed by atoms with Gasteiger partial charge in [0.05, 0.1) is 6.04 Å². The van der Waals surface area contributed by atoms with E-state index in [2.05, 4.69) is 5.32 Å². The van der Waals surface area contributed by atoms with Gasteiger partial charge in [0.2, 0.25) is 0 Å². The molecule has 1 aromatic heterocycles. The Kier molecular flexibility index (Phi) is 5.44. The van der Waals surface area contributed by atoms with E-state index in [4.69, 9.17) is 10.2 Å². The number of nitrogens with one attached hydrogen (secondary N) is 1. The van der Waals surface area contributed by atoms with Crippen LogP contribution in [0.5, 0.6) is 0 Å². The first kappa shape index (κ1) is 19.0. The van der Waals surface area contributed by atoms with Gasteiger partial charge in [-0.2, -0.15) is 0 Å². The van der Waals surface area contributed by atoms with E-state index in [1.54, 1.807) is 6.20 Å². The lowest BCUT2D eigenvalue weighted by Gasteiger charge is -2.34. The molecule has 3 rings (SSSR count). The molecule has 26 heavy (non-hydrogen) atoms. The second-order valence-electron chi connectivity index (χ2n) is 8.24. The average Bonchev–Trinajstić information content (AvgIpc) is 3.30. The van der Waals surface area contributed by atoms with Crippen molar-refractivity contribution in [3.63, 3.8) is 0 Å². The van der Waals surface area contributed by atoms with Crippen molar-refractivity contribution in [2.45, 2.75) is 70.1 Å². The second kappa shape index (κ2) is 7.45. The first-order valence-corrected chi connectivity index (χ1v) is 9.56. The lowest BCUT2D eigenvalue weighted by molar-refractivity contribution is -0.163. The van der Waals surface area contributed by atoms with Crippen molar-refractivity contribution in [1.82, 2.24) is 5.32 Å². The Labute approximate surface area is 154 Å². The first-order chi connectivity index (χ1) is 12.3. The van der Waals surface area contributed by atoms with Crippen LogP contribution in [0.3, 0.4) is 0 Å². The van der Waals surface area contributed by atoms with Crippen LogP contribution in [-0.4, -0.2) is 27.8 Å². The maximum absolute atomic E-state index is 11.8. The fourth-order valence-electron chi connectivity index (χ4n) is 3.66. The minimum Gasteiger partial charge on any atom is -0.479 e. The third kappa shape index (κ3) is 4.13. The summed E-state index contributed by atoms with van der Waals surface area (Å²) >= 11 is 0. The van der Waals surface area contributed by atoms with Crippen molar-refractivity contribution in [3.05, 3.63) is 29.4 Å². The molecule has 0 amide bonds. The van der Waals surface area contributed by atoms with Gasteiger partial charge in [0, 0.05) is 30.6 Å². The predicted octanol–water partition coefficient (Wildman–Crippen LogP) is 2.82. The monoisotopic (exact) mass is 362 g/mol. The third-order valence-corrected chi connectivity index (χ3v) is 5.47. The third-order valence-electron chi connectivity index (χ3n) is 5.47. The molecule has 1 aliphatic carbocycles. The average molecular weight is 362 g/mol. The van der Waals surface area contributed by atoms with E-state index in [-0.39, 0.29) is 18.4 Å². The van der Waals surface area contributed by atoms with Crippen LogP contribution in [-0.2, 0) is 11.2 Å². The Morgan fingerprint density at radius 2 is 2.19 bits per heavy atom. The van der Waals surface area contributed by atoms with Gasteiger partial charge in [-0.05, 0) is 36.8 Å². The van der Waals surface area contributed by atoms with Crippen LogP contribution in [0.4, 0.5) is 0 Å². The number of furan rings is 1. The Bertz CT molecular complexity index is 677. The van der Waals surface area contributed by atoms with Crippen molar-refractivity contribution < 1.29 is 19.4 Å². The van der Waals surface area contributed by atoms with Crippen molar-refractivity contribution in [1.29, 1.82) is 0 Å². The molecular weight excluding hydrogens is 332 g/mol. The highest BCUT2D eigenvalue weighted by Gasteiger charge is 2.45. The standard InChI is InChI=1S/C20H30N2O4/c1-12(2)9-18(21)20(25,19(23)24)11-16-15-10-14(6-5-13-3-4-13)26-17(15)7-8-22-16/h7-8,10,12-13,16,18,22,25H,3-6,9,11,21H2,1-2H3,(H,23,24)/t16?,18-,20+/m0/s1. The normalized spacial score (nSPS) is 22.6. The number of carbonyl (C=O) groups is 1. The SMILES string of the molecule is CC(C)C[C@H](N)[C@](O)(CC1NC=Cc2oc(CCC3CC3)cc21)C(=O)O. The number of hydrogen-bond acceptors (Lipinski definition) is 5. The molecule has 1 unspecified atom stereocenters. The first-order valence-electron chi connectivity index (χ1n) is 9.56. The number of hydrogen-bond donors (Lipinski definition) is 4. The van der Waals surface area contributed by atoms with E-state index in [1.807, 2.05) is 26.0 Å². The number of carboxylic acids is 1. The van der Waals surface area contributed by atoms with Gasteiger partial charge in [0.1, 0.15) is 11.5 Å². The number of aryl methyl sites for hydroxylation is 1. The molecule has 0 aromatic carbocycles. The summed E-state index contributed by atoms with van der Waals surface area (Å²) in [6.07, 6.45) is 8.68. The number of aliphatic carboxylic acids is 1. The predicted molar refractivity (Wildman–Crippen MR) is 99.3 cm³/mol. The quantitative estimate of drug-likeness (QED) is 0.538. The van der Waals surface area contributed by atoms with Gasteiger partial charge < -0.3 is 25.7 Å². The molecule has 3 atom stereocenters. The Balaban J connectivity index is 1.76. The fourth-order valence-corrected chi connectivity index (χ4v) is 3.66. The zero-order chi connectivity index (χ0) is 18.9. The fraction of sp³-hybridized carbons (Fsp3) is 0.650. The lowest BCUT2D eigenvalue weighted by atomic mass is 9.81. The maximum Gasteiger partial charge on any atom is 0.337 e. The Morgan fingerprint density at radius 3 is 2.81 bits per heavy atom. The number of aliphatic hydroxyl groups is 1. The van der Waals surface area contributed by atoms with Crippen molar-refractivity contribution >= 4 is 12.0 Å². The number of nitrogens with two attached hydrogens (primary N) is 1. The van der Waals surface area contributed by atoms with Crippen molar-refractivity contribution in [3.8, 4) is 0 Å². The van der Waals surface area contributed by atoms with Crippen LogP contribution in [0.25, 0.3) is 6.08 Å². The summed E-state index contributed by atoms with van der Waals surface area (Å²) in [5.41, 5.74) is 4.99. The molecule has 6 nitrogen and oxygen atoms in total. The Morgan fingerprint density at radius 1 is 1.46 bits per heavy atom. The smallest absolute Gasteiger partial charge is 0.337 e. The van der Waals surface area contributed by atoms with Gasteiger partial charge in [-0.25, -0.2) is 4.79 Å². The van der Waals surface area contributed by atoms with Crippen LogP contribution in [0.2, 0.25) is 0 Å². The summed E-state index contributed by atoms with van der Waals surface area (Å²) in [7, 11) is 0. The van der Waals surface area contributed by atoms with E-state index < -0.39 is 17.6 Å². The van der Waals surface area contributed by atoms with Gasteiger partial charge in [0.25, 0.3) is 0 Å². The highest BCUT2D eigenvalue weighted by molar-refractivity contribution is 5.78. The summed E-state index contributed by atoms with van der Waals surface area (Å²) < 4.78 is 5.93. The zero-order valence-corrected chi connectivity index (χ0v) is 15.6. The summed E-state index contributed by atoms with van der Waals surface area (Å²) in [5, 5.41) is 23.7. The molecule has 6 heteroatoms. The van der Waals surface area contributed by atoms with Crippen LogP contribution < -0.4 is 11.1 Å². The van der Waals surface area contributed by atoms with Gasteiger partial charge in [-0.3, -0.25) is 0 Å². The molecule has 0 saturated heterocycles. The van der Waals surface area contributed by atoms with E-state index in [1.165, 1.54) is 12.8 Å². The van der Waals surface area contributed by atoms with Crippen LogP contribution in [0.1, 0.15) is 69.1 Å². The summed E-state index contributed by atoms with van der Waals surface area (Å²) in [5.74, 6) is 1.41. The van der Waals surface area contributed by atoms with Crippen molar-refractivity contribution in [2.75, 3.05) is 0 Å². The molecule has 0 radical (unpaired) electrons. The van der Waals surface area contributed by atoms with E-state index >= 15 is 0 Å². The molecule has 2 heterocycles. The molecule has 144 valence electrons. The second-order valence-corrected chi connectivity index (χ2v) is 8.24. The lowest BCUT2D eigenvalue weighted by Crippen LogP contribution is -2.56. The Hall–Kier alpha value is -1.79. The van der Waals surface area contributed by atoms with Crippen molar-refractivity contribution in [2.24, 2.45) is 17.6 Å². The van der Waals surface area contributed by atoms with E-state index in [9.17, 15) is 15.0 Å². The largest absolute Gasteiger partial charge is 0.479 e. The topological polar surface area (TPSA) is 109 Å². The highest BCUT2D eigenvalue weighted by Crippen LogP contribution is 2.37. The highest BCUT2D eigenvalue weighted by atomic mass is 16.4. The van der Waals surface area contributed by atoms with Gasteiger partial charge >= 0.3 is 5.97 Å². The molecule has 1 saturated carbocycles. The number of rotatable bonds is 9. The van der Waals surface area contributed by atoms with E-state index in [0.29, 0.717) is 6.42 Å². The van der Waals surface area contributed by atoms with Gasteiger partial charge in [-0.15, -0.1) is 0 Å². The van der Waals surface area contributed by atoms with Gasteiger partial charge in [0.15, 0.2) is 5.60 Å². The molecular formula is C20H30N2O4. The molecule has 0 spiro atoms. The van der Waals surface area contributed by atoms with Crippen LogP contribution in [0.15, 0.2) is 16.7 Å². The molecule has 1 aliphatic heterocycles. The minimum atomic E-state index is -1.99. The number of carboxylic acid groups (broad SMARTS) is 1. The molecule has 0 bridgehead atoms. The molecule has 2 aliphatic rings. The van der Waals surface area contributed by atoms with E-state index in [0.717, 1.165) is 35.8 Å². The molecule has 1 aromatic rings. The summed E-state index contributed by atoms with van der Waals surface area (Å²) in [6.45, 7) is 3.92. The van der Waals surface area contributed by atoms with Crippen LogP contribution >= 0.6 is 0 Å². The summed E-state index contributed by atoms with van der Waals surface area (Å²) in [6, 6.07) is 0.819.